The van der Waals surface area contributed by atoms with Crippen LogP contribution in [0.25, 0.3) is 10.9 Å². The maximum atomic E-state index is 12.4. The van der Waals surface area contributed by atoms with Crippen molar-refractivity contribution in [1.29, 1.82) is 0 Å². The molecular weight excluding hydrogens is 328 g/mol. The normalized spacial score (nSPS) is 10.8. The first-order valence-electron chi connectivity index (χ1n) is 7.35. The molecule has 1 amide bonds. The molecule has 3 aromatic rings. The van der Waals surface area contributed by atoms with Crippen molar-refractivity contribution in [3.8, 4) is 0 Å². The molecule has 0 unspecified atom stereocenters. The van der Waals surface area contributed by atoms with Crippen molar-refractivity contribution in [2.45, 2.75) is 13.1 Å². The second kappa shape index (κ2) is 6.80. The molecule has 0 atom stereocenters. The highest BCUT2D eigenvalue weighted by atomic mass is 35.5. The molecule has 0 fully saturated rings. The maximum absolute atomic E-state index is 12.4. The number of hydrogen-bond acceptors (Lipinski definition) is 4. The lowest BCUT2D eigenvalue weighted by atomic mass is 10.2. The summed E-state index contributed by atoms with van der Waals surface area (Å²) in [7, 11) is 1.68. The van der Waals surface area contributed by atoms with E-state index in [2.05, 4.69) is 10.3 Å². The number of amides is 1. The van der Waals surface area contributed by atoms with Crippen LogP contribution < -0.4 is 5.56 Å². The minimum Gasteiger partial charge on any atom is -0.340 e. The summed E-state index contributed by atoms with van der Waals surface area (Å²) in [5, 5.41) is 8.90. The third-order valence-corrected chi connectivity index (χ3v) is 3.93. The summed E-state index contributed by atoms with van der Waals surface area (Å²) < 4.78 is 1.09. The van der Waals surface area contributed by atoms with Gasteiger partial charge in [-0.25, -0.2) is 4.68 Å². The molecule has 1 aromatic heterocycles. The number of nitrogens with zero attached hydrogens (tertiary/aromatic N) is 4. The predicted molar refractivity (Wildman–Crippen MR) is 91.7 cm³/mol. The van der Waals surface area contributed by atoms with Crippen molar-refractivity contribution in [3.05, 3.63) is 69.5 Å². The predicted octanol–water partition coefficient (Wildman–Crippen LogP) is 2.10. The molecule has 0 saturated carbocycles. The second-order valence-electron chi connectivity index (χ2n) is 5.45. The van der Waals surface area contributed by atoms with Crippen molar-refractivity contribution >= 4 is 28.4 Å². The smallest absolute Gasteiger partial charge is 0.278 e. The van der Waals surface area contributed by atoms with Crippen molar-refractivity contribution in [3.63, 3.8) is 0 Å². The van der Waals surface area contributed by atoms with Gasteiger partial charge in [-0.15, -0.1) is 5.10 Å². The molecule has 0 bridgehead atoms. The average molecular weight is 343 g/mol. The van der Waals surface area contributed by atoms with E-state index in [1.165, 1.54) is 4.90 Å². The summed E-state index contributed by atoms with van der Waals surface area (Å²) in [5.41, 5.74) is 1.14. The van der Waals surface area contributed by atoms with Gasteiger partial charge in [-0.1, -0.05) is 41.1 Å². The fourth-order valence-corrected chi connectivity index (χ4v) is 2.45. The van der Waals surface area contributed by atoms with Crippen molar-refractivity contribution in [2.24, 2.45) is 0 Å². The maximum Gasteiger partial charge on any atom is 0.278 e. The summed E-state index contributed by atoms with van der Waals surface area (Å²) in [6.07, 6.45) is 0. The molecule has 0 radical (unpaired) electrons. The Morgan fingerprint density at radius 1 is 1.17 bits per heavy atom. The molecular formula is C17H15ClN4O2. The van der Waals surface area contributed by atoms with E-state index in [4.69, 9.17) is 11.6 Å². The van der Waals surface area contributed by atoms with Crippen molar-refractivity contribution in [2.75, 3.05) is 7.05 Å². The van der Waals surface area contributed by atoms with Crippen LogP contribution in [0.15, 0.2) is 53.3 Å². The summed E-state index contributed by atoms with van der Waals surface area (Å²) in [4.78, 5) is 26.2. The topological polar surface area (TPSA) is 68.1 Å². The molecule has 122 valence electrons. The van der Waals surface area contributed by atoms with Crippen LogP contribution in [0.4, 0.5) is 0 Å². The van der Waals surface area contributed by atoms with Gasteiger partial charge in [-0.05, 0) is 29.8 Å². The first kappa shape index (κ1) is 16.1. The first-order valence-corrected chi connectivity index (χ1v) is 7.73. The van der Waals surface area contributed by atoms with Crippen LogP contribution in [0.2, 0.25) is 5.02 Å². The van der Waals surface area contributed by atoms with Gasteiger partial charge in [0, 0.05) is 18.6 Å². The third kappa shape index (κ3) is 3.44. The zero-order chi connectivity index (χ0) is 17.1. The Balaban J connectivity index is 1.75. The van der Waals surface area contributed by atoms with Gasteiger partial charge in [0.15, 0.2) is 0 Å². The molecule has 24 heavy (non-hydrogen) atoms. The van der Waals surface area contributed by atoms with E-state index in [1.807, 2.05) is 12.1 Å². The monoisotopic (exact) mass is 342 g/mol. The summed E-state index contributed by atoms with van der Waals surface area (Å²) in [6.45, 7) is 0.270. The molecule has 0 spiro atoms. The minimum atomic E-state index is -0.325. The number of carbonyl (C=O) groups is 1. The Hall–Kier alpha value is -2.73. The van der Waals surface area contributed by atoms with Crippen LogP contribution in [0.3, 0.4) is 0 Å². The van der Waals surface area contributed by atoms with Gasteiger partial charge in [0.05, 0.1) is 5.39 Å². The lowest BCUT2D eigenvalue weighted by Crippen LogP contribution is -2.35. The van der Waals surface area contributed by atoms with Crippen LogP contribution in [-0.4, -0.2) is 32.8 Å². The van der Waals surface area contributed by atoms with Gasteiger partial charge >= 0.3 is 0 Å². The van der Waals surface area contributed by atoms with Gasteiger partial charge < -0.3 is 4.90 Å². The minimum absolute atomic E-state index is 0.152. The Morgan fingerprint density at radius 2 is 1.88 bits per heavy atom. The molecule has 0 aliphatic carbocycles. The molecule has 7 heteroatoms. The number of likely N-dealkylation sites (N-methyl/N-ethyl adjacent to an activating group) is 1. The van der Waals surface area contributed by atoms with Gasteiger partial charge in [0.1, 0.15) is 12.1 Å². The van der Waals surface area contributed by atoms with E-state index in [9.17, 15) is 9.59 Å². The molecule has 0 aliphatic rings. The van der Waals surface area contributed by atoms with Crippen LogP contribution in [0.5, 0.6) is 0 Å². The summed E-state index contributed by atoms with van der Waals surface area (Å²) in [6, 6.07) is 14.2. The van der Waals surface area contributed by atoms with E-state index >= 15 is 0 Å². The Labute approximate surface area is 143 Å². The SMILES string of the molecule is CN(Cc1ccc(Cl)cc1)C(=O)Cn1nnc2ccccc2c1=O. The Kier molecular flexibility index (Phi) is 4.57. The highest BCUT2D eigenvalue weighted by molar-refractivity contribution is 6.30. The first-order chi connectivity index (χ1) is 11.5. The quantitative estimate of drug-likeness (QED) is 0.728. The van der Waals surface area contributed by atoms with Gasteiger partial charge in [-0.2, -0.15) is 0 Å². The molecule has 1 heterocycles. The number of rotatable bonds is 4. The second-order valence-corrected chi connectivity index (χ2v) is 5.88. The van der Waals surface area contributed by atoms with Crippen LogP contribution in [0, 0.1) is 0 Å². The van der Waals surface area contributed by atoms with Crippen molar-refractivity contribution < 1.29 is 4.79 Å². The standard InChI is InChI=1S/C17H15ClN4O2/c1-21(10-12-6-8-13(18)9-7-12)16(23)11-22-17(24)14-4-2-3-5-15(14)19-20-22/h2-9H,10-11H2,1H3. The highest BCUT2D eigenvalue weighted by Gasteiger charge is 2.13. The number of halogens is 1. The largest absolute Gasteiger partial charge is 0.340 e. The zero-order valence-electron chi connectivity index (χ0n) is 13.0. The van der Waals surface area contributed by atoms with Crippen LogP contribution in [0.1, 0.15) is 5.56 Å². The van der Waals surface area contributed by atoms with E-state index in [-0.39, 0.29) is 18.0 Å². The number of fused-ring (bicyclic) bond motifs is 1. The number of hydrogen-bond donors (Lipinski definition) is 0. The lowest BCUT2D eigenvalue weighted by Gasteiger charge is -2.17. The summed E-state index contributed by atoms with van der Waals surface area (Å²) in [5.74, 6) is -0.225. The van der Waals surface area contributed by atoms with Gasteiger partial charge in [0.2, 0.25) is 5.91 Å². The molecule has 0 N–H and O–H groups in total. The average Bonchev–Trinajstić information content (AvgIpc) is 2.59. The number of benzene rings is 2. The Morgan fingerprint density at radius 3 is 2.62 bits per heavy atom. The summed E-state index contributed by atoms with van der Waals surface area (Å²) >= 11 is 5.85. The molecule has 6 nitrogen and oxygen atoms in total. The van der Waals surface area contributed by atoms with E-state index in [0.29, 0.717) is 22.5 Å². The van der Waals surface area contributed by atoms with Gasteiger partial charge in [0.25, 0.3) is 5.56 Å². The third-order valence-electron chi connectivity index (χ3n) is 3.67. The van der Waals surface area contributed by atoms with E-state index in [1.54, 1.807) is 43.4 Å². The molecule has 0 aliphatic heterocycles. The van der Waals surface area contributed by atoms with E-state index < -0.39 is 0 Å². The molecule has 2 aromatic carbocycles. The molecule has 0 saturated heterocycles. The lowest BCUT2D eigenvalue weighted by molar-refractivity contribution is -0.131. The van der Waals surface area contributed by atoms with Crippen LogP contribution >= 0.6 is 11.6 Å². The zero-order valence-corrected chi connectivity index (χ0v) is 13.8. The number of carbonyl (C=O) groups excluding carboxylic acids is 1. The fraction of sp³-hybridized carbons (Fsp3) is 0.176. The van der Waals surface area contributed by atoms with Crippen molar-refractivity contribution in [1.82, 2.24) is 19.9 Å². The fourth-order valence-electron chi connectivity index (χ4n) is 2.33. The van der Waals surface area contributed by atoms with E-state index in [0.717, 1.165) is 10.2 Å². The Bertz CT molecular complexity index is 937. The van der Waals surface area contributed by atoms with Gasteiger partial charge in [-0.3, -0.25) is 9.59 Å². The van der Waals surface area contributed by atoms with Crippen LogP contribution in [-0.2, 0) is 17.9 Å². The highest BCUT2D eigenvalue weighted by Crippen LogP contribution is 2.11. The molecule has 3 rings (SSSR count). The number of aromatic nitrogens is 3.